The van der Waals surface area contributed by atoms with Crippen LogP contribution in [0.4, 0.5) is 0 Å². The van der Waals surface area contributed by atoms with Crippen molar-refractivity contribution in [3.05, 3.63) is 28.8 Å². The molecule has 0 heterocycles. The van der Waals surface area contributed by atoms with E-state index < -0.39 is 0 Å². The van der Waals surface area contributed by atoms with E-state index in [1.807, 2.05) is 0 Å². The molecule has 1 aromatic carbocycles. The van der Waals surface area contributed by atoms with Crippen LogP contribution < -0.4 is 5.30 Å². The van der Waals surface area contributed by atoms with Gasteiger partial charge in [0.1, 0.15) is 0 Å². The summed E-state index contributed by atoms with van der Waals surface area (Å²) < 4.78 is 0. The molecule has 2 heteroatoms. The van der Waals surface area contributed by atoms with E-state index in [0.717, 1.165) is 0 Å². The van der Waals surface area contributed by atoms with E-state index in [1.165, 1.54) is 102 Å². The van der Waals surface area contributed by atoms with Crippen LogP contribution in [0.1, 0.15) is 115 Å². The van der Waals surface area contributed by atoms with Crippen LogP contribution in [-0.2, 0) is 19.3 Å². The molecule has 0 saturated heterocycles. The van der Waals surface area contributed by atoms with Gasteiger partial charge in [-0.25, -0.2) is 0 Å². The summed E-state index contributed by atoms with van der Waals surface area (Å²) in [5.74, 6) is 0. The standard InChI is InChI=1S/C24H43P.ClH/c1-4-7-10-13-16-21-19-20-24(25)23(18-15-12-9-6-3)22(21)17-14-11-8-5-2;/h19-20H,4-18,25H2,1-3H3;1H. The monoisotopic (exact) mass is 398 g/mol. The first-order chi connectivity index (χ1) is 12.2. The average molecular weight is 399 g/mol. The SMILES string of the molecule is CCCCCCc1ccc(P)c(CCCCCC)c1CCCCCC.Cl. The first-order valence-electron chi connectivity index (χ1n) is 11.1. The summed E-state index contributed by atoms with van der Waals surface area (Å²) in [4.78, 5) is 0. The quantitative estimate of drug-likeness (QED) is 0.207. The highest BCUT2D eigenvalue weighted by Crippen LogP contribution is 2.23. The van der Waals surface area contributed by atoms with Crippen molar-refractivity contribution in [3.8, 4) is 0 Å². The Morgan fingerprint density at radius 3 is 1.54 bits per heavy atom. The van der Waals surface area contributed by atoms with Gasteiger partial charge in [0.05, 0.1) is 0 Å². The number of halogens is 1. The van der Waals surface area contributed by atoms with Crippen LogP contribution in [0.5, 0.6) is 0 Å². The summed E-state index contributed by atoms with van der Waals surface area (Å²) in [5.41, 5.74) is 5.05. The third-order valence-corrected chi connectivity index (χ3v) is 5.97. The second kappa shape index (κ2) is 17.1. The van der Waals surface area contributed by atoms with E-state index in [0.29, 0.717) is 0 Å². The number of aryl methyl sites for hydroxylation is 1. The van der Waals surface area contributed by atoms with E-state index >= 15 is 0 Å². The van der Waals surface area contributed by atoms with Gasteiger partial charge in [0.25, 0.3) is 0 Å². The molecule has 0 spiro atoms. The molecule has 0 nitrogen and oxygen atoms in total. The minimum absolute atomic E-state index is 0. The number of unbranched alkanes of at least 4 members (excludes halogenated alkanes) is 9. The lowest BCUT2D eigenvalue weighted by molar-refractivity contribution is 0.640. The van der Waals surface area contributed by atoms with Crippen LogP contribution in [0.3, 0.4) is 0 Å². The lowest BCUT2D eigenvalue weighted by Gasteiger charge is -2.18. The second-order valence-corrected chi connectivity index (χ2v) is 8.33. The Kier molecular flexibility index (Phi) is 17.0. The molecule has 0 aliphatic heterocycles. The smallest absolute Gasteiger partial charge is 0.0268 e. The number of hydrogen-bond acceptors (Lipinski definition) is 0. The van der Waals surface area contributed by atoms with Crippen LogP contribution in [0, 0.1) is 0 Å². The van der Waals surface area contributed by atoms with Gasteiger partial charge < -0.3 is 0 Å². The van der Waals surface area contributed by atoms with E-state index in [4.69, 9.17) is 0 Å². The molecule has 1 atom stereocenters. The van der Waals surface area contributed by atoms with E-state index in [1.54, 1.807) is 16.7 Å². The molecule has 0 amide bonds. The molecular weight excluding hydrogens is 355 g/mol. The first-order valence-corrected chi connectivity index (χ1v) is 11.7. The van der Waals surface area contributed by atoms with Crippen LogP contribution in [0.15, 0.2) is 12.1 Å². The molecule has 0 fully saturated rings. The number of rotatable bonds is 15. The van der Waals surface area contributed by atoms with Crippen LogP contribution in [0.2, 0.25) is 0 Å². The van der Waals surface area contributed by atoms with Gasteiger partial charge in [0.2, 0.25) is 0 Å². The average Bonchev–Trinajstić information content (AvgIpc) is 2.62. The van der Waals surface area contributed by atoms with Crippen LogP contribution in [-0.4, -0.2) is 0 Å². The van der Waals surface area contributed by atoms with Crippen molar-refractivity contribution in [3.63, 3.8) is 0 Å². The summed E-state index contributed by atoms with van der Waals surface area (Å²) in [6.45, 7) is 6.91. The minimum Gasteiger partial charge on any atom is -0.147 e. The molecule has 0 radical (unpaired) electrons. The van der Waals surface area contributed by atoms with Crippen molar-refractivity contribution in [2.45, 2.75) is 117 Å². The van der Waals surface area contributed by atoms with E-state index in [-0.39, 0.29) is 12.4 Å². The first kappa shape index (κ1) is 25.9. The van der Waals surface area contributed by atoms with Gasteiger partial charge in [-0.1, -0.05) is 90.7 Å². The maximum absolute atomic E-state index is 3.02. The van der Waals surface area contributed by atoms with Crippen molar-refractivity contribution in [2.75, 3.05) is 0 Å². The Bertz CT molecular complexity index is 456. The van der Waals surface area contributed by atoms with Crippen molar-refractivity contribution in [1.82, 2.24) is 0 Å². The van der Waals surface area contributed by atoms with Crippen molar-refractivity contribution in [2.24, 2.45) is 0 Å². The van der Waals surface area contributed by atoms with Crippen LogP contribution >= 0.6 is 21.6 Å². The molecule has 26 heavy (non-hydrogen) atoms. The summed E-state index contributed by atoms with van der Waals surface area (Å²) in [7, 11) is 3.02. The van der Waals surface area contributed by atoms with Gasteiger partial charge in [-0.05, 0) is 60.5 Å². The Balaban J connectivity index is 0.00000625. The van der Waals surface area contributed by atoms with Gasteiger partial charge in [0.15, 0.2) is 0 Å². The minimum atomic E-state index is 0. The van der Waals surface area contributed by atoms with Gasteiger partial charge >= 0.3 is 0 Å². The zero-order valence-electron chi connectivity index (χ0n) is 17.7. The molecule has 0 N–H and O–H groups in total. The fourth-order valence-electron chi connectivity index (χ4n) is 3.80. The molecule has 1 aromatic rings. The number of benzene rings is 1. The van der Waals surface area contributed by atoms with Gasteiger partial charge in [0, 0.05) is 0 Å². The Morgan fingerprint density at radius 2 is 1.04 bits per heavy atom. The van der Waals surface area contributed by atoms with Gasteiger partial charge in [-0.3, -0.25) is 0 Å². The second-order valence-electron chi connectivity index (χ2n) is 7.70. The summed E-state index contributed by atoms with van der Waals surface area (Å²) in [5, 5.41) is 1.46. The highest BCUT2D eigenvalue weighted by molar-refractivity contribution is 7.27. The Labute approximate surface area is 172 Å². The Morgan fingerprint density at radius 1 is 0.577 bits per heavy atom. The highest BCUT2D eigenvalue weighted by Gasteiger charge is 2.11. The van der Waals surface area contributed by atoms with Gasteiger partial charge in [-0.2, -0.15) is 0 Å². The highest BCUT2D eigenvalue weighted by atomic mass is 35.5. The van der Waals surface area contributed by atoms with E-state index in [9.17, 15) is 0 Å². The molecule has 152 valence electrons. The fraction of sp³-hybridized carbons (Fsp3) is 0.750. The summed E-state index contributed by atoms with van der Waals surface area (Å²) in [6, 6.07) is 4.80. The molecule has 0 aliphatic carbocycles. The topological polar surface area (TPSA) is 0 Å². The predicted molar refractivity (Wildman–Crippen MR) is 127 cm³/mol. The zero-order chi connectivity index (χ0) is 18.3. The Hall–Kier alpha value is -0.0600. The third kappa shape index (κ3) is 10.3. The predicted octanol–water partition coefficient (Wildman–Crippen LogP) is 7.98. The molecular formula is C24H44ClP. The molecule has 0 saturated carbocycles. The molecule has 0 bridgehead atoms. The van der Waals surface area contributed by atoms with Crippen molar-refractivity contribution in [1.29, 1.82) is 0 Å². The van der Waals surface area contributed by atoms with Crippen molar-refractivity contribution >= 4 is 27.0 Å². The van der Waals surface area contributed by atoms with Crippen molar-refractivity contribution < 1.29 is 0 Å². The zero-order valence-corrected chi connectivity index (χ0v) is 19.7. The maximum atomic E-state index is 3.02. The molecule has 0 aliphatic rings. The van der Waals surface area contributed by atoms with Gasteiger partial charge in [-0.15, -0.1) is 21.6 Å². The molecule has 1 rings (SSSR count). The lowest BCUT2D eigenvalue weighted by atomic mass is 9.90. The largest absolute Gasteiger partial charge is 0.147 e. The molecule has 0 aromatic heterocycles. The third-order valence-electron chi connectivity index (χ3n) is 5.42. The normalized spacial score (nSPS) is 10.8. The lowest BCUT2D eigenvalue weighted by Crippen LogP contribution is -2.11. The summed E-state index contributed by atoms with van der Waals surface area (Å²) in [6.07, 6.45) is 20.3. The van der Waals surface area contributed by atoms with E-state index in [2.05, 4.69) is 42.1 Å². The number of hydrogen-bond donors (Lipinski definition) is 0. The maximum Gasteiger partial charge on any atom is -0.0268 e. The fourth-order valence-corrected chi connectivity index (χ4v) is 4.21. The summed E-state index contributed by atoms with van der Waals surface area (Å²) >= 11 is 0. The molecule has 1 unspecified atom stereocenters. The van der Waals surface area contributed by atoms with Crippen LogP contribution in [0.25, 0.3) is 0 Å².